The zero-order valence-electron chi connectivity index (χ0n) is 15.9. The Morgan fingerprint density at radius 2 is 1.92 bits per heavy atom. The Labute approximate surface area is 155 Å². The van der Waals surface area contributed by atoms with E-state index in [1.807, 2.05) is 7.05 Å². The van der Waals surface area contributed by atoms with Gasteiger partial charge < -0.3 is 10.6 Å². The Morgan fingerprint density at radius 1 is 1.19 bits per heavy atom. The standard InChI is InChI=1S/C19H31N5O2/c1-20-17(25)10-14-8-9-15(24(14)2)11-21-19(26)16-12-22-23-18(16)13-6-4-3-5-7-13/h12-15H,3-11H2,1-2H3,(H,20,25)(H,21,26)(H,22,23)/t14-,15+/m1/s1. The first-order valence-electron chi connectivity index (χ1n) is 9.84. The summed E-state index contributed by atoms with van der Waals surface area (Å²) in [5.41, 5.74) is 1.69. The van der Waals surface area contributed by atoms with Crippen LogP contribution < -0.4 is 10.6 Å². The van der Waals surface area contributed by atoms with Crippen molar-refractivity contribution >= 4 is 11.8 Å². The van der Waals surface area contributed by atoms with Crippen LogP contribution in [0.15, 0.2) is 6.20 Å². The molecular formula is C19H31N5O2. The molecule has 1 saturated carbocycles. The van der Waals surface area contributed by atoms with Crippen LogP contribution in [-0.2, 0) is 4.79 Å². The molecule has 0 unspecified atom stereocenters. The Morgan fingerprint density at radius 3 is 2.65 bits per heavy atom. The Balaban J connectivity index is 1.53. The predicted octanol–water partition coefficient (Wildman–Crippen LogP) is 1.79. The molecule has 1 aliphatic carbocycles. The molecule has 0 spiro atoms. The van der Waals surface area contributed by atoms with Crippen LogP contribution >= 0.6 is 0 Å². The number of rotatable bonds is 6. The van der Waals surface area contributed by atoms with E-state index in [-0.39, 0.29) is 23.9 Å². The number of carbonyl (C=O) groups excluding carboxylic acids is 2. The Bertz CT molecular complexity index is 623. The van der Waals surface area contributed by atoms with Gasteiger partial charge in [0.05, 0.1) is 17.5 Å². The molecule has 0 radical (unpaired) electrons. The fraction of sp³-hybridized carbons (Fsp3) is 0.737. The maximum atomic E-state index is 12.7. The number of nitrogens with one attached hydrogen (secondary N) is 3. The van der Waals surface area contributed by atoms with Gasteiger partial charge in [0, 0.05) is 38.0 Å². The molecule has 2 atom stereocenters. The number of amides is 2. The van der Waals surface area contributed by atoms with E-state index in [1.165, 1.54) is 19.3 Å². The molecule has 0 aromatic carbocycles. The lowest BCUT2D eigenvalue weighted by Gasteiger charge is -2.25. The maximum absolute atomic E-state index is 12.7. The molecule has 1 aromatic rings. The lowest BCUT2D eigenvalue weighted by Crippen LogP contribution is -2.42. The molecule has 1 saturated heterocycles. The van der Waals surface area contributed by atoms with Gasteiger partial charge >= 0.3 is 0 Å². The second-order valence-corrected chi connectivity index (χ2v) is 7.67. The minimum atomic E-state index is -0.0394. The number of likely N-dealkylation sites (tertiary alicyclic amines) is 1. The average molecular weight is 361 g/mol. The highest BCUT2D eigenvalue weighted by Crippen LogP contribution is 2.33. The molecule has 1 aromatic heterocycles. The van der Waals surface area contributed by atoms with Crippen molar-refractivity contribution in [3.8, 4) is 0 Å². The summed E-state index contributed by atoms with van der Waals surface area (Å²) in [5.74, 6) is 0.461. The molecule has 26 heavy (non-hydrogen) atoms. The molecular weight excluding hydrogens is 330 g/mol. The van der Waals surface area contributed by atoms with Gasteiger partial charge in [-0.05, 0) is 32.7 Å². The number of aromatic amines is 1. The minimum Gasteiger partial charge on any atom is -0.359 e. The van der Waals surface area contributed by atoms with E-state index in [0.29, 0.717) is 24.4 Å². The third-order valence-corrected chi connectivity index (χ3v) is 6.11. The van der Waals surface area contributed by atoms with Crippen molar-refractivity contribution in [2.75, 3.05) is 20.6 Å². The van der Waals surface area contributed by atoms with Crippen molar-refractivity contribution in [1.29, 1.82) is 0 Å². The van der Waals surface area contributed by atoms with Gasteiger partial charge in [0.15, 0.2) is 0 Å². The summed E-state index contributed by atoms with van der Waals surface area (Å²) in [6.07, 6.45) is 10.2. The summed E-state index contributed by atoms with van der Waals surface area (Å²) in [6, 6.07) is 0.530. The summed E-state index contributed by atoms with van der Waals surface area (Å²) in [5, 5.41) is 13.0. The Hall–Kier alpha value is -1.89. The first-order valence-corrected chi connectivity index (χ1v) is 9.84. The molecule has 3 rings (SSSR count). The van der Waals surface area contributed by atoms with Gasteiger partial charge in [-0.1, -0.05) is 19.3 Å². The van der Waals surface area contributed by atoms with Crippen molar-refractivity contribution in [1.82, 2.24) is 25.7 Å². The van der Waals surface area contributed by atoms with Crippen molar-refractivity contribution in [2.45, 2.75) is 69.4 Å². The molecule has 7 heteroatoms. The fourth-order valence-electron chi connectivity index (χ4n) is 4.38. The number of aromatic nitrogens is 2. The van der Waals surface area contributed by atoms with Crippen molar-refractivity contribution in [2.24, 2.45) is 0 Å². The van der Waals surface area contributed by atoms with E-state index in [9.17, 15) is 9.59 Å². The van der Waals surface area contributed by atoms with Crippen LogP contribution in [0.1, 0.15) is 73.3 Å². The van der Waals surface area contributed by atoms with Crippen LogP contribution in [0.5, 0.6) is 0 Å². The number of carbonyl (C=O) groups is 2. The van der Waals surface area contributed by atoms with Crippen LogP contribution in [0.4, 0.5) is 0 Å². The SMILES string of the molecule is CNC(=O)C[C@H]1CC[C@@H](CNC(=O)c2cn[nH]c2C2CCCCC2)N1C. The van der Waals surface area contributed by atoms with E-state index in [1.54, 1.807) is 13.2 Å². The number of nitrogens with zero attached hydrogens (tertiary/aromatic N) is 2. The summed E-state index contributed by atoms with van der Waals surface area (Å²) < 4.78 is 0. The van der Waals surface area contributed by atoms with Gasteiger partial charge in [0.1, 0.15) is 0 Å². The topological polar surface area (TPSA) is 90.1 Å². The normalized spacial score (nSPS) is 24.5. The van der Waals surface area contributed by atoms with Gasteiger partial charge in [0.25, 0.3) is 5.91 Å². The predicted molar refractivity (Wildman–Crippen MR) is 100 cm³/mol. The van der Waals surface area contributed by atoms with E-state index >= 15 is 0 Å². The van der Waals surface area contributed by atoms with E-state index in [0.717, 1.165) is 31.4 Å². The highest BCUT2D eigenvalue weighted by Gasteiger charge is 2.32. The molecule has 1 aliphatic heterocycles. The van der Waals surface area contributed by atoms with Gasteiger partial charge in [-0.3, -0.25) is 19.6 Å². The zero-order chi connectivity index (χ0) is 18.5. The number of likely N-dealkylation sites (N-methyl/N-ethyl adjacent to an activating group) is 1. The quantitative estimate of drug-likeness (QED) is 0.720. The van der Waals surface area contributed by atoms with Gasteiger partial charge in [0.2, 0.25) is 5.91 Å². The summed E-state index contributed by atoms with van der Waals surface area (Å²) >= 11 is 0. The largest absolute Gasteiger partial charge is 0.359 e. The van der Waals surface area contributed by atoms with E-state index in [2.05, 4.69) is 25.7 Å². The van der Waals surface area contributed by atoms with Gasteiger partial charge in [-0.15, -0.1) is 0 Å². The minimum absolute atomic E-state index is 0.0394. The molecule has 0 bridgehead atoms. The summed E-state index contributed by atoms with van der Waals surface area (Å²) in [6.45, 7) is 0.606. The molecule has 2 fully saturated rings. The number of H-pyrrole nitrogens is 1. The summed E-state index contributed by atoms with van der Waals surface area (Å²) in [4.78, 5) is 26.5. The highest BCUT2D eigenvalue weighted by molar-refractivity contribution is 5.95. The van der Waals surface area contributed by atoms with Crippen LogP contribution in [-0.4, -0.2) is 59.6 Å². The lowest BCUT2D eigenvalue weighted by molar-refractivity contribution is -0.121. The average Bonchev–Trinajstić information content (AvgIpc) is 3.28. The zero-order valence-corrected chi connectivity index (χ0v) is 15.9. The fourth-order valence-corrected chi connectivity index (χ4v) is 4.38. The number of hydrogen-bond donors (Lipinski definition) is 3. The smallest absolute Gasteiger partial charge is 0.254 e. The third-order valence-electron chi connectivity index (χ3n) is 6.11. The van der Waals surface area contributed by atoms with Crippen molar-refractivity contribution in [3.05, 3.63) is 17.5 Å². The van der Waals surface area contributed by atoms with E-state index < -0.39 is 0 Å². The molecule has 7 nitrogen and oxygen atoms in total. The van der Waals surface area contributed by atoms with E-state index in [4.69, 9.17) is 0 Å². The maximum Gasteiger partial charge on any atom is 0.254 e. The van der Waals surface area contributed by atoms with Crippen LogP contribution in [0.3, 0.4) is 0 Å². The molecule has 2 amide bonds. The molecule has 2 heterocycles. The molecule has 3 N–H and O–H groups in total. The third kappa shape index (κ3) is 4.26. The first kappa shape index (κ1) is 18.9. The van der Waals surface area contributed by atoms with Gasteiger partial charge in [-0.25, -0.2) is 0 Å². The van der Waals surface area contributed by atoms with Crippen LogP contribution in [0.2, 0.25) is 0 Å². The van der Waals surface area contributed by atoms with Crippen molar-refractivity contribution < 1.29 is 9.59 Å². The summed E-state index contributed by atoms with van der Waals surface area (Å²) in [7, 11) is 3.71. The second-order valence-electron chi connectivity index (χ2n) is 7.67. The number of hydrogen-bond acceptors (Lipinski definition) is 4. The van der Waals surface area contributed by atoms with Crippen LogP contribution in [0, 0.1) is 0 Å². The van der Waals surface area contributed by atoms with Crippen LogP contribution in [0.25, 0.3) is 0 Å². The second kappa shape index (κ2) is 8.66. The highest BCUT2D eigenvalue weighted by atomic mass is 16.2. The molecule has 144 valence electrons. The monoisotopic (exact) mass is 361 g/mol. The van der Waals surface area contributed by atoms with Crippen molar-refractivity contribution in [3.63, 3.8) is 0 Å². The lowest BCUT2D eigenvalue weighted by atomic mass is 9.85. The van der Waals surface area contributed by atoms with Gasteiger partial charge in [-0.2, -0.15) is 5.10 Å². The molecule has 2 aliphatic rings. The Kier molecular flexibility index (Phi) is 6.29. The first-order chi connectivity index (χ1) is 12.6.